The molecule has 1 aromatic rings. The molecule has 1 fully saturated rings. The highest BCUT2D eigenvalue weighted by Crippen LogP contribution is 2.34. The maximum Gasteiger partial charge on any atom is 0.337 e. The van der Waals surface area contributed by atoms with E-state index < -0.39 is 6.10 Å². The molecule has 19 heavy (non-hydrogen) atoms. The first-order chi connectivity index (χ1) is 8.63. The average Bonchev–Trinajstić information content (AvgIpc) is 2.35. The van der Waals surface area contributed by atoms with Gasteiger partial charge in [0.1, 0.15) is 0 Å². The highest BCUT2D eigenvalue weighted by atomic mass is 35.5. The molecule has 106 valence electrons. The van der Waals surface area contributed by atoms with E-state index in [1.165, 1.54) is 13.5 Å². The van der Waals surface area contributed by atoms with Crippen LogP contribution >= 0.6 is 12.4 Å². The molecular weight excluding hydrogens is 266 g/mol. The van der Waals surface area contributed by atoms with Gasteiger partial charge in [0, 0.05) is 0 Å². The van der Waals surface area contributed by atoms with Crippen LogP contribution in [0.5, 0.6) is 0 Å². The van der Waals surface area contributed by atoms with Crippen LogP contribution in [0.2, 0.25) is 0 Å². The lowest BCUT2D eigenvalue weighted by atomic mass is 9.77. The van der Waals surface area contributed by atoms with Crippen LogP contribution in [0.1, 0.15) is 41.2 Å². The predicted molar refractivity (Wildman–Crippen MR) is 75.3 cm³/mol. The Hall–Kier alpha value is -1.10. The van der Waals surface area contributed by atoms with Crippen LogP contribution in [0.15, 0.2) is 24.3 Å². The van der Waals surface area contributed by atoms with E-state index in [0.717, 1.165) is 18.4 Å². The molecule has 0 heterocycles. The Morgan fingerprint density at radius 2 is 1.95 bits per heavy atom. The first-order valence-corrected chi connectivity index (χ1v) is 6.25. The SMILES string of the molecule is COC(=O)c1ccc([C@H](N)[C@H](O)C2CCC2)cc1.Cl. The molecule has 0 spiro atoms. The van der Waals surface area contributed by atoms with Crippen LogP contribution in [-0.2, 0) is 4.74 Å². The summed E-state index contributed by atoms with van der Waals surface area (Å²) in [7, 11) is 1.35. The van der Waals surface area contributed by atoms with Crippen LogP contribution in [0, 0.1) is 5.92 Å². The lowest BCUT2D eigenvalue weighted by Crippen LogP contribution is -2.36. The highest BCUT2D eigenvalue weighted by Gasteiger charge is 2.30. The minimum absolute atomic E-state index is 0. The fourth-order valence-corrected chi connectivity index (χ4v) is 2.23. The third-order valence-corrected chi connectivity index (χ3v) is 3.72. The summed E-state index contributed by atoms with van der Waals surface area (Å²) in [5.41, 5.74) is 7.38. The maximum absolute atomic E-state index is 11.3. The van der Waals surface area contributed by atoms with Crippen molar-refractivity contribution in [2.45, 2.75) is 31.4 Å². The Balaban J connectivity index is 0.00000180. The van der Waals surface area contributed by atoms with E-state index in [9.17, 15) is 9.90 Å². The van der Waals surface area contributed by atoms with Crippen LogP contribution in [0.4, 0.5) is 0 Å². The normalized spacial score (nSPS) is 17.8. The topological polar surface area (TPSA) is 72.5 Å². The van der Waals surface area contributed by atoms with Crippen LogP contribution in [-0.4, -0.2) is 24.3 Å². The van der Waals surface area contributed by atoms with E-state index in [1.54, 1.807) is 24.3 Å². The minimum Gasteiger partial charge on any atom is -0.465 e. The molecule has 1 aromatic carbocycles. The molecule has 3 N–H and O–H groups in total. The molecule has 1 aliphatic rings. The van der Waals surface area contributed by atoms with Crippen molar-refractivity contribution in [2.24, 2.45) is 11.7 Å². The van der Waals surface area contributed by atoms with Gasteiger partial charge in [0.2, 0.25) is 0 Å². The molecule has 4 nitrogen and oxygen atoms in total. The first-order valence-electron chi connectivity index (χ1n) is 6.25. The average molecular weight is 286 g/mol. The predicted octanol–water partition coefficient (Wildman–Crippen LogP) is 2.06. The van der Waals surface area contributed by atoms with Gasteiger partial charge in [-0.05, 0) is 36.5 Å². The Labute approximate surface area is 119 Å². The summed E-state index contributed by atoms with van der Waals surface area (Å²) < 4.78 is 4.63. The third-order valence-electron chi connectivity index (χ3n) is 3.72. The molecule has 0 unspecified atom stereocenters. The summed E-state index contributed by atoms with van der Waals surface area (Å²) in [6.45, 7) is 0. The van der Waals surface area contributed by atoms with Gasteiger partial charge in [-0.2, -0.15) is 0 Å². The zero-order valence-electron chi connectivity index (χ0n) is 10.9. The van der Waals surface area contributed by atoms with Gasteiger partial charge in [0.15, 0.2) is 0 Å². The Kier molecular flexibility index (Phi) is 5.79. The van der Waals surface area contributed by atoms with E-state index in [-0.39, 0.29) is 24.4 Å². The van der Waals surface area contributed by atoms with Gasteiger partial charge in [-0.1, -0.05) is 18.6 Å². The molecule has 1 saturated carbocycles. The number of carbonyl (C=O) groups is 1. The van der Waals surface area contributed by atoms with Crippen molar-refractivity contribution in [3.05, 3.63) is 35.4 Å². The number of hydrogen-bond donors (Lipinski definition) is 2. The van der Waals surface area contributed by atoms with E-state index in [0.29, 0.717) is 11.5 Å². The molecular formula is C14H20ClNO3. The second-order valence-corrected chi connectivity index (χ2v) is 4.82. The van der Waals surface area contributed by atoms with Crippen LogP contribution in [0.3, 0.4) is 0 Å². The third kappa shape index (κ3) is 3.47. The fraction of sp³-hybridized carbons (Fsp3) is 0.500. The molecule has 0 amide bonds. The smallest absolute Gasteiger partial charge is 0.337 e. The van der Waals surface area contributed by atoms with Gasteiger partial charge in [-0.15, -0.1) is 12.4 Å². The molecule has 0 aromatic heterocycles. The number of aliphatic hydroxyl groups excluding tert-OH is 1. The highest BCUT2D eigenvalue weighted by molar-refractivity contribution is 5.89. The second-order valence-electron chi connectivity index (χ2n) is 4.82. The molecule has 5 heteroatoms. The van der Waals surface area contributed by atoms with Gasteiger partial charge in [0.05, 0.1) is 24.8 Å². The van der Waals surface area contributed by atoms with Crippen LogP contribution < -0.4 is 5.73 Å². The number of carbonyl (C=O) groups excluding carboxylic acids is 1. The summed E-state index contributed by atoms with van der Waals surface area (Å²) in [4.78, 5) is 11.3. The summed E-state index contributed by atoms with van der Waals surface area (Å²) in [6, 6.07) is 6.52. The van der Waals surface area contributed by atoms with Crippen molar-refractivity contribution in [3.8, 4) is 0 Å². The standard InChI is InChI=1S/C14H19NO3.ClH/c1-18-14(17)11-7-5-9(6-8-11)12(15)13(16)10-3-2-4-10;/h5-8,10,12-13,16H,2-4,15H2,1H3;1H/t12-,13+;/m0./s1. The zero-order valence-corrected chi connectivity index (χ0v) is 11.7. The number of aliphatic hydroxyl groups is 1. The van der Waals surface area contributed by atoms with E-state index in [2.05, 4.69) is 4.74 Å². The number of esters is 1. The van der Waals surface area contributed by atoms with Gasteiger partial charge in [0.25, 0.3) is 0 Å². The molecule has 0 radical (unpaired) electrons. The Morgan fingerprint density at radius 3 is 2.37 bits per heavy atom. The van der Waals surface area contributed by atoms with Crippen molar-refractivity contribution in [3.63, 3.8) is 0 Å². The number of benzene rings is 1. The maximum atomic E-state index is 11.3. The monoisotopic (exact) mass is 285 g/mol. The molecule has 2 rings (SSSR count). The second kappa shape index (κ2) is 6.89. The van der Waals surface area contributed by atoms with Gasteiger partial charge in [-0.3, -0.25) is 0 Å². The summed E-state index contributed by atoms with van der Waals surface area (Å²) in [6.07, 6.45) is 2.78. The Morgan fingerprint density at radius 1 is 1.37 bits per heavy atom. The number of nitrogens with two attached hydrogens (primary N) is 1. The van der Waals surface area contributed by atoms with E-state index in [1.807, 2.05) is 0 Å². The number of halogens is 1. The van der Waals surface area contributed by atoms with Crippen molar-refractivity contribution in [2.75, 3.05) is 7.11 Å². The number of rotatable bonds is 4. The summed E-state index contributed by atoms with van der Waals surface area (Å²) >= 11 is 0. The fourth-order valence-electron chi connectivity index (χ4n) is 2.23. The first kappa shape index (κ1) is 16.0. The zero-order chi connectivity index (χ0) is 13.1. The summed E-state index contributed by atoms with van der Waals surface area (Å²) in [5, 5.41) is 10.1. The number of hydrogen-bond acceptors (Lipinski definition) is 4. The van der Waals surface area contributed by atoms with E-state index in [4.69, 9.17) is 5.73 Å². The number of methoxy groups -OCH3 is 1. The Bertz CT molecular complexity index is 417. The summed E-state index contributed by atoms with van der Waals surface area (Å²) in [5.74, 6) is -0.0463. The molecule has 1 aliphatic carbocycles. The lowest BCUT2D eigenvalue weighted by Gasteiger charge is -2.33. The van der Waals surface area contributed by atoms with Crippen molar-refractivity contribution >= 4 is 18.4 Å². The molecule has 0 aliphatic heterocycles. The van der Waals surface area contributed by atoms with Crippen molar-refractivity contribution in [1.82, 2.24) is 0 Å². The molecule has 2 atom stereocenters. The molecule has 0 bridgehead atoms. The van der Waals surface area contributed by atoms with Crippen LogP contribution in [0.25, 0.3) is 0 Å². The quantitative estimate of drug-likeness (QED) is 0.831. The van der Waals surface area contributed by atoms with Crippen molar-refractivity contribution < 1.29 is 14.6 Å². The van der Waals surface area contributed by atoms with Gasteiger partial charge < -0.3 is 15.6 Å². The van der Waals surface area contributed by atoms with Gasteiger partial charge in [-0.25, -0.2) is 4.79 Å². The molecule has 0 saturated heterocycles. The largest absolute Gasteiger partial charge is 0.465 e. The van der Waals surface area contributed by atoms with Gasteiger partial charge >= 0.3 is 5.97 Å². The lowest BCUT2D eigenvalue weighted by molar-refractivity contribution is 0.0413. The van der Waals surface area contributed by atoms with E-state index >= 15 is 0 Å². The minimum atomic E-state index is -0.497. The van der Waals surface area contributed by atoms with Crippen molar-refractivity contribution in [1.29, 1.82) is 0 Å². The number of ether oxygens (including phenoxy) is 1.